The summed E-state index contributed by atoms with van der Waals surface area (Å²) in [7, 11) is 0. The number of thioether (sulfide) groups is 1. The molecule has 0 aliphatic carbocycles. The number of carbonyl (C=O) groups excluding carboxylic acids is 1. The van der Waals surface area contributed by atoms with Crippen molar-refractivity contribution < 1.29 is 9.72 Å². The van der Waals surface area contributed by atoms with Crippen LogP contribution in [0.2, 0.25) is 0 Å². The molecule has 0 radical (unpaired) electrons. The number of nitro benzene ring substituents is 1. The van der Waals surface area contributed by atoms with Crippen LogP contribution in [-0.2, 0) is 4.79 Å². The molecule has 104 valence electrons. The van der Waals surface area contributed by atoms with Crippen molar-refractivity contribution in [3.05, 3.63) is 33.9 Å². The zero-order valence-electron chi connectivity index (χ0n) is 10.7. The third-order valence-electron chi connectivity index (χ3n) is 3.09. The molecule has 1 aromatic carbocycles. The molecule has 1 aliphatic rings. The number of hydrogen-bond donors (Lipinski definition) is 0. The van der Waals surface area contributed by atoms with E-state index in [-0.39, 0.29) is 22.9 Å². The number of hydrogen-bond acceptors (Lipinski definition) is 5. The lowest BCUT2D eigenvalue weighted by molar-refractivity contribution is -0.387. The van der Waals surface area contributed by atoms with Crippen LogP contribution in [0.1, 0.15) is 18.4 Å². The summed E-state index contributed by atoms with van der Waals surface area (Å²) in [5.74, 6) is 0.193. The molecule has 1 aromatic rings. The van der Waals surface area contributed by atoms with Crippen LogP contribution in [0, 0.1) is 21.4 Å². The molecule has 7 heteroatoms. The van der Waals surface area contributed by atoms with E-state index in [2.05, 4.69) is 0 Å². The maximum absolute atomic E-state index is 11.9. The highest BCUT2D eigenvalue weighted by molar-refractivity contribution is 8.00. The molecule has 0 bridgehead atoms. The van der Waals surface area contributed by atoms with Crippen LogP contribution in [0.25, 0.3) is 0 Å². The summed E-state index contributed by atoms with van der Waals surface area (Å²) in [5, 5.41) is 19.7. The van der Waals surface area contributed by atoms with Gasteiger partial charge in [-0.15, -0.1) is 11.8 Å². The van der Waals surface area contributed by atoms with Gasteiger partial charge in [0.15, 0.2) is 0 Å². The van der Waals surface area contributed by atoms with Crippen LogP contribution >= 0.6 is 11.8 Å². The van der Waals surface area contributed by atoms with Gasteiger partial charge in [-0.2, -0.15) is 5.26 Å². The summed E-state index contributed by atoms with van der Waals surface area (Å²) in [5.41, 5.74) is 0.121. The summed E-state index contributed by atoms with van der Waals surface area (Å²) >= 11 is 1.15. The number of nitro groups is 1. The van der Waals surface area contributed by atoms with Crippen LogP contribution in [0.4, 0.5) is 5.69 Å². The zero-order chi connectivity index (χ0) is 14.5. The van der Waals surface area contributed by atoms with Gasteiger partial charge in [-0.05, 0) is 25.0 Å². The molecule has 1 saturated heterocycles. The lowest BCUT2D eigenvalue weighted by Gasteiger charge is -2.14. The van der Waals surface area contributed by atoms with E-state index in [9.17, 15) is 14.9 Å². The minimum Gasteiger partial charge on any atom is -0.342 e. The van der Waals surface area contributed by atoms with E-state index in [0.717, 1.165) is 37.7 Å². The highest BCUT2D eigenvalue weighted by atomic mass is 32.2. The summed E-state index contributed by atoms with van der Waals surface area (Å²) in [6.07, 6.45) is 2.04. The average Bonchev–Trinajstić information content (AvgIpc) is 2.98. The molecular formula is C13H13N3O3S. The number of nitriles is 1. The van der Waals surface area contributed by atoms with Crippen LogP contribution in [0.5, 0.6) is 0 Å². The summed E-state index contributed by atoms with van der Waals surface area (Å²) in [4.78, 5) is 24.6. The predicted molar refractivity (Wildman–Crippen MR) is 74.3 cm³/mol. The highest BCUT2D eigenvalue weighted by Gasteiger charge is 2.20. The fraction of sp³-hybridized carbons (Fsp3) is 0.385. The Morgan fingerprint density at radius 1 is 1.45 bits per heavy atom. The van der Waals surface area contributed by atoms with Gasteiger partial charge in [0.05, 0.1) is 27.2 Å². The van der Waals surface area contributed by atoms with Crippen molar-refractivity contribution >= 4 is 23.4 Å². The van der Waals surface area contributed by atoms with E-state index in [1.54, 1.807) is 4.90 Å². The van der Waals surface area contributed by atoms with E-state index in [0.29, 0.717) is 4.90 Å². The maximum atomic E-state index is 11.9. The first kappa shape index (κ1) is 14.3. The minimum absolute atomic E-state index is 0.00570. The molecule has 0 spiro atoms. The molecule has 1 fully saturated rings. The van der Waals surface area contributed by atoms with Gasteiger partial charge in [-0.25, -0.2) is 0 Å². The summed E-state index contributed by atoms with van der Waals surface area (Å²) in [6, 6.07) is 6.16. The SMILES string of the molecule is N#Cc1ccc(SCC(=O)N2CCCC2)c([N+](=O)[O-])c1. The summed E-state index contributed by atoms with van der Waals surface area (Å²) in [6.45, 7) is 1.55. The third-order valence-corrected chi connectivity index (χ3v) is 4.14. The minimum atomic E-state index is -0.524. The molecule has 1 aliphatic heterocycles. The second kappa shape index (κ2) is 6.39. The van der Waals surface area contributed by atoms with Gasteiger partial charge in [0.1, 0.15) is 0 Å². The Bertz CT molecular complexity index is 577. The van der Waals surface area contributed by atoms with E-state index in [1.807, 2.05) is 6.07 Å². The van der Waals surface area contributed by atoms with Gasteiger partial charge < -0.3 is 4.90 Å². The van der Waals surface area contributed by atoms with E-state index < -0.39 is 4.92 Å². The van der Waals surface area contributed by atoms with Gasteiger partial charge in [0, 0.05) is 19.2 Å². The lowest BCUT2D eigenvalue weighted by Crippen LogP contribution is -2.29. The number of carbonyl (C=O) groups is 1. The monoisotopic (exact) mass is 291 g/mol. The topological polar surface area (TPSA) is 87.2 Å². The van der Waals surface area contributed by atoms with Crippen LogP contribution < -0.4 is 0 Å². The molecule has 0 unspecified atom stereocenters. The highest BCUT2D eigenvalue weighted by Crippen LogP contribution is 2.30. The van der Waals surface area contributed by atoms with Crippen molar-refractivity contribution in [2.75, 3.05) is 18.8 Å². The van der Waals surface area contributed by atoms with Crippen molar-refractivity contribution in [1.82, 2.24) is 4.90 Å². The molecule has 0 atom stereocenters. The number of likely N-dealkylation sites (tertiary alicyclic amines) is 1. The van der Waals surface area contributed by atoms with Gasteiger partial charge in [-0.1, -0.05) is 0 Å². The summed E-state index contributed by atoms with van der Waals surface area (Å²) < 4.78 is 0. The van der Waals surface area contributed by atoms with Crippen molar-refractivity contribution in [3.8, 4) is 6.07 Å². The van der Waals surface area contributed by atoms with E-state index in [4.69, 9.17) is 5.26 Å². The Morgan fingerprint density at radius 3 is 2.75 bits per heavy atom. The molecular weight excluding hydrogens is 278 g/mol. The van der Waals surface area contributed by atoms with Crippen LogP contribution in [-0.4, -0.2) is 34.6 Å². The Kier molecular flexibility index (Phi) is 4.58. The third kappa shape index (κ3) is 3.27. The van der Waals surface area contributed by atoms with E-state index in [1.165, 1.54) is 18.2 Å². The van der Waals surface area contributed by atoms with Crippen molar-refractivity contribution in [3.63, 3.8) is 0 Å². The fourth-order valence-electron chi connectivity index (χ4n) is 2.05. The molecule has 6 nitrogen and oxygen atoms in total. The smallest absolute Gasteiger partial charge is 0.284 e. The first-order chi connectivity index (χ1) is 9.61. The zero-order valence-corrected chi connectivity index (χ0v) is 11.6. The Labute approximate surface area is 120 Å². The molecule has 20 heavy (non-hydrogen) atoms. The molecule has 0 aromatic heterocycles. The Hall–Kier alpha value is -2.07. The normalized spacial score (nSPS) is 14.1. The van der Waals surface area contributed by atoms with Crippen LogP contribution in [0.15, 0.2) is 23.1 Å². The largest absolute Gasteiger partial charge is 0.342 e. The standard InChI is InChI=1S/C13H13N3O3S/c14-8-10-3-4-12(11(7-10)16(18)19)20-9-13(17)15-5-1-2-6-15/h3-4,7H,1-2,5-6,9H2. The Morgan fingerprint density at radius 2 is 2.15 bits per heavy atom. The average molecular weight is 291 g/mol. The number of nitrogens with zero attached hydrogens (tertiary/aromatic N) is 3. The molecule has 0 N–H and O–H groups in total. The molecule has 0 saturated carbocycles. The predicted octanol–water partition coefficient (Wildman–Crippen LogP) is 2.18. The van der Waals surface area contributed by atoms with Gasteiger partial charge in [0.2, 0.25) is 5.91 Å². The van der Waals surface area contributed by atoms with Gasteiger partial charge in [0.25, 0.3) is 5.69 Å². The quantitative estimate of drug-likeness (QED) is 0.482. The lowest BCUT2D eigenvalue weighted by atomic mass is 10.2. The van der Waals surface area contributed by atoms with Crippen molar-refractivity contribution in [2.45, 2.75) is 17.7 Å². The van der Waals surface area contributed by atoms with Gasteiger partial charge >= 0.3 is 0 Å². The van der Waals surface area contributed by atoms with E-state index >= 15 is 0 Å². The molecule has 1 heterocycles. The molecule has 2 rings (SSSR count). The first-order valence-electron chi connectivity index (χ1n) is 6.21. The maximum Gasteiger partial charge on any atom is 0.284 e. The second-order valence-electron chi connectivity index (χ2n) is 4.43. The van der Waals surface area contributed by atoms with Gasteiger partial charge in [-0.3, -0.25) is 14.9 Å². The fourth-order valence-corrected chi connectivity index (χ4v) is 2.96. The second-order valence-corrected chi connectivity index (χ2v) is 5.45. The first-order valence-corrected chi connectivity index (χ1v) is 7.19. The number of amides is 1. The molecule has 1 amide bonds. The van der Waals surface area contributed by atoms with Crippen molar-refractivity contribution in [2.24, 2.45) is 0 Å². The number of rotatable bonds is 4. The van der Waals surface area contributed by atoms with Crippen LogP contribution in [0.3, 0.4) is 0 Å². The van der Waals surface area contributed by atoms with Crippen molar-refractivity contribution in [1.29, 1.82) is 5.26 Å². The number of benzene rings is 1. The Balaban J connectivity index is 2.07.